The van der Waals surface area contributed by atoms with Crippen LogP contribution in [0.2, 0.25) is 0 Å². The molecule has 4 rings (SSSR count). The minimum atomic E-state index is -0.762. The van der Waals surface area contributed by atoms with Crippen LogP contribution in [0, 0.1) is 11.7 Å². The molecule has 2 atom stereocenters. The number of hydrogen-bond donors (Lipinski definition) is 2. The maximum absolute atomic E-state index is 13.8. The van der Waals surface area contributed by atoms with Crippen molar-refractivity contribution in [2.24, 2.45) is 5.92 Å². The van der Waals surface area contributed by atoms with Crippen molar-refractivity contribution in [3.8, 4) is 0 Å². The average molecular weight is 452 g/mol. The van der Waals surface area contributed by atoms with Gasteiger partial charge in [-0.3, -0.25) is 0 Å². The van der Waals surface area contributed by atoms with Gasteiger partial charge in [-0.05, 0) is 80.6 Å². The Bertz CT molecular complexity index is 1070. The predicted octanol–water partition coefficient (Wildman–Crippen LogP) is 5.81. The van der Waals surface area contributed by atoms with Crippen molar-refractivity contribution in [3.63, 3.8) is 0 Å². The number of halogens is 1. The third kappa shape index (κ3) is 4.99. The van der Waals surface area contributed by atoms with E-state index in [0.29, 0.717) is 12.8 Å². The van der Waals surface area contributed by atoms with E-state index in [0.717, 1.165) is 53.9 Å². The molecule has 0 unspecified atom stereocenters. The van der Waals surface area contributed by atoms with E-state index in [1.54, 1.807) is 6.07 Å². The molecule has 1 heterocycles. The molecule has 0 radical (unpaired) electrons. The number of para-hydroxylation sites is 2. The van der Waals surface area contributed by atoms with Gasteiger partial charge in [0.2, 0.25) is 0 Å². The summed E-state index contributed by atoms with van der Waals surface area (Å²) in [7, 11) is 2.13. The highest BCUT2D eigenvalue weighted by Gasteiger charge is 2.43. The summed E-state index contributed by atoms with van der Waals surface area (Å²) in [5.74, 6) is 1.15. The molecule has 1 aliphatic carbocycles. The fourth-order valence-corrected chi connectivity index (χ4v) is 5.51. The fraction of sp³-hybridized carbons (Fsp3) is 0.536. The summed E-state index contributed by atoms with van der Waals surface area (Å²) in [5.41, 5.74) is 3.43. The molecule has 0 bridgehead atoms. The van der Waals surface area contributed by atoms with Gasteiger partial charge in [0, 0.05) is 17.9 Å². The highest BCUT2D eigenvalue weighted by molar-refractivity contribution is 5.74. The van der Waals surface area contributed by atoms with Crippen LogP contribution in [0.4, 0.5) is 4.39 Å². The van der Waals surface area contributed by atoms with E-state index in [-0.39, 0.29) is 23.1 Å². The Hall–Kier alpha value is -2.24. The fourth-order valence-electron chi connectivity index (χ4n) is 5.51. The zero-order valence-electron chi connectivity index (χ0n) is 20.7. The molecule has 0 saturated heterocycles. The van der Waals surface area contributed by atoms with E-state index < -0.39 is 5.60 Å². The van der Waals surface area contributed by atoms with Crippen LogP contribution in [-0.4, -0.2) is 45.7 Å². The van der Waals surface area contributed by atoms with Crippen molar-refractivity contribution >= 4 is 11.0 Å². The molecule has 4 nitrogen and oxygen atoms in total. The lowest BCUT2D eigenvalue weighted by Gasteiger charge is -2.44. The zero-order chi connectivity index (χ0) is 23.8. The number of fused-ring (bicyclic) bond motifs is 2. The third-order valence-electron chi connectivity index (χ3n) is 7.59. The molecule has 0 saturated carbocycles. The molecule has 1 aromatic heterocycles. The number of imidazole rings is 1. The second kappa shape index (κ2) is 9.19. The summed E-state index contributed by atoms with van der Waals surface area (Å²) in [6, 6.07) is 13.2. The van der Waals surface area contributed by atoms with Crippen LogP contribution >= 0.6 is 0 Å². The predicted molar refractivity (Wildman–Crippen MR) is 133 cm³/mol. The summed E-state index contributed by atoms with van der Waals surface area (Å²) in [5, 5.41) is 11.7. The van der Waals surface area contributed by atoms with E-state index in [1.165, 1.54) is 6.07 Å². The molecule has 2 N–H and O–H groups in total. The normalized spacial score (nSPS) is 21.2. The van der Waals surface area contributed by atoms with E-state index >= 15 is 0 Å². The van der Waals surface area contributed by atoms with Crippen molar-refractivity contribution in [2.75, 3.05) is 20.1 Å². The van der Waals surface area contributed by atoms with Crippen LogP contribution < -0.4 is 0 Å². The smallest absolute Gasteiger partial charge is 0.123 e. The van der Waals surface area contributed by atoms with Crippen molar-refractivity contribution in [1.29, 1.82) is 0 Å². The van der Waals surface area contributed by atoms with Gasteiger partial charge in [0.25, 0.3) is 0 Å². The molecule has 0 amide bonds. The summed E-state index contributed by atoms with van der Waals surface area (Å²) in [4.78, 5) is 10.6. The van der Waals surface area contributed by atoms with Gasteiger partial charge in [-0.2, -0.15) is 0 Å². The van der Waals surface area contributed by atoms with Gasteiger partial charge in [-0.15, -0.1) is 0 Å². The summed E-state index contributed by atoms with van der Waals surface area (Å²) in [6.45, 7) is 10.5. The van der Waals surface area contributed by atoms with E-state index in [9.17, 15) is 9.50 Å². The molecule has 0 aliphatic heterocycles. The van der Waals surface area contributed by atoms with Crippen molar-refractivity contribution in [2.45, 2.75) is 70.3 Å². The Morgan fingerprint density at radius 1 is 1.21 bits per heavy atom. The van der Waals surface area contributed by atoms with Crippen LogP contribution in [0.25, 0.3) is 11.0 Å². The first-order valence-electron chi connectivity index (χ1n) is 12.2. The Morgan fingerprint density at radius 3 is 2.70 bits per heavy atom. The maximum Gasteiger partial charge on any atom is 0.123 e. The molecule has 1 aliphatic rings. The molecule has 178 valence electrons. The Labute approximate surface area is 197 Å². The van der Waals surface area contributed by atoms with E-state index in [1.807, 2.05) is 24.3 Å². The number of aryl methyl sites for hydroxylation is 1. The molecule has 5 heteroatoms. The SMILES string of the molecule is CC(C)[C@H]1c2ccc(F)cc2CC[C@]1(O)CCN(C)CCC(C)(C)c1nc2ccccc2[nH]1. The molecular formula is C28H38FN3O. The summed E-state index contributed by atoms with van der Waals surface area (Å²) >= 11 is 0. The largest absolute Gasteiger partial charge is 0.389 e. The minimum absolute atomic E-state index is 0.0299. The topological polar surface area (TPSA) is 52.1 Å². The molecule has 0 spiro atoms. The number of aromatic nitrogens is 2. The van der Waals surface area contributed by atoms with Crippen molar-refractivity contribution in [3.05, 3.63) is 65.2 Å². The number of hydrogen-bond acceptors (Lipinski definition) is 3. The molecule has 2 aromatic carbocycles. The Kier molecular flexibility index (Phi) is 6.66. The quantitative estimate of drug-likeness (QED) is 0.454. The number of nitrogens with zero attached hydrogens (tertiary/aromatic N) is 2. The van der Waals surface area contributed by atoms with Crippen molar-refractivity contribution < 1.29 is 9.50 Å². The van der Waals surface area contributed by atoms with Gasteiger partial charge in [0.05, 0.1) is 16.6 Å². The number of aliphatic hydroxyl groups is 1. The highest BCUT2D eigenvalue weighted by Crippen LogP contribution is 2.45. The van der Waals surface area contributed by atoms with Crippen LogP contribution in [0.5, 0.6) is 0 Å². The number of benzene rings is 2. The van der Waals surface area contributed by atoms with Crippen LogP contribution in [0.15, 0.2) is 42.5 Å². The number of aromatic amines is 1. The number of H-pyrrole nitrogens is 1. The first-order chi connectivity index (χ1) is 15.6. The molecular weight excluding hydrogens is 413 g/mol. The van der Waals surface area contributed by atoms with Crippen molar-refractivity contribution in [1.82, 2.24) is 14.9 Å². The van der Waals surface area contributed by atoms with Gasteiger partial charge in [-0.25, -0.2) is 9.37 Å². The van der Waals surface area contributed by atoms with Gasteiger partial charge < -0.3 is 15.0 Å². The Morgan fingerprint density at radius 2 is 1.97 bits per heavy atom. The number of rotatable bonds is 8. The van der Waals surface area contributed by atoms with E-state index in [4.69, 9.17) is 4.98 Å². The van der Waals surface area contributed by atoms with Crippen LogP contribution in [-0.2, 0) is 11.8 Å². The second-order valence-corrected chi connectivity index (χ2v) is 11.0. The summed E-state index contributed by atoms with van der Waals surface area (Å²) in [6.07, 6.45) is 3.10. The Balaban J connectivity index is 1.39. The summed E-state index contributed by atoms with van der Waals surface area (Å²) < 4.78 is 13.8. The second-order valence-electron chi connectivity index (χ2n) is 11.0. The molecule has 0 fully saturated rings. The third-order valence-corrected chi connectivity index (χ3v) is 7.59. The van der Waals surface area contributed by atoms with E-state index in [2.05, 4.69) is 50.7 Å². The lowest BCUT2D eigenvalue weighted by Crippen LogP contribution is -2.45. The highest BCUT2D eigenvalue weighted by atomic mass is 19.1. The standard InChI is InChI=1S/C28H38FN3O/c1-19(2)25-22-11-10-21(29)18-20(22)12-13-28(25,33)15-17-32(5)16-14-27(3,4)26-30-23-8-6-7-9-24(23)31-26/h6-11,18-19,25,33H,12-17H2,1-5H3,(H,30,31)/t25-,28-/m0/s1. The first-order valence-corrected chi connectivity index (χ1v) is 12.2. The zero-order valence-corrected chi connectivity index (χ0v) is 20.7. The molecule has 3 aromatic rings. The maximum atomic E-state index is 13.8. The average Bonchev–Trinajstić information content (AvgIpc) is 3.22. The monoisotopic (exact) mass is 451 g/mol. The van der Waals surface area contributed by atoms with Gasteiger partial charge >= 0.3 is 0 Å². The molecule has 33 heavy (non-hydrogen) atoms. The minimum Gasteiger partial charge on any atom is -0.389 e. The first kappa shape index (κ1) is 23.9. The van der Waals surface area contributed by atoms with Gasteiger partial charge in [-0.1, -0.05) is 45.9 Å². The van der Waals surface area contributed by atoms with Crippen LogP contribution in [0.3, 0.4) is 0 Å². The lowest BCUT2D eigenvalue weighted by molar-refractivity contribution is -0.0302. The van der Waals surface area contributed by atoms with Crippen LogP contribution in [0.1, 0.15) is 69.8 Å². The van der Waals surface area contributed by atoms with Gasteiger partial charge in [0.1, 0.15) is 11.6 Å². The van der Waals surface area contributed by atoms with Gasteiger partial charge in [0.15, 0.2) is 0 Å². The lowest BCUT2D eigenvalue weighted by atomic mass is 9.66. The number of nitrogens with one attached hydrogen (secondary N) is 1.